The number of aromatic nitrogens is 3. The van der Waals surface area contributed by atoms with E-state index in [1.54, 1.807) is 31.4 Å². The monoisotopic (exact) mass is 418 g/mol. The zero-order valence-electron chi connectivity index (χ0n) is 16.7. The van der Waals surface area contributed by atoms with Gasteiger partial charge in [-0.2, -0.15) is 0 Å². The molecule has 9 nitrogen and oxygen atoms in total. The van der Waals surface area contributed by atoms with Crippen molar-refractivity contribution in [3.05, 3.63) is 74.4 Å². The van der Waals surface area contributed by atoms with Crippen molar-refractivity contribution in [1.82, 2.24) is 15.0 Å². The molecule has 1 aliphatic rings. The van der Waals surface area contributed by atoms with E-state index in [2.05, 4.69) is 20.3 Å². The van der Waals surface area contributed by atoms with Crippen LogP contribution in [0.2, 0.25) is 0 Å². The van der Waals surface area contributed by atoms with Gasteiger partial charge in [0.15, 0.2) is 0 Å². The number of methoxy groups -OCH3 is 2. The van der Waals surface area contributed by atoms with Crippen LogP contribution in [0.3, 0.4) is 0 Å². The maximum atomic E-state index is 13.0. The van der Waals surface area contributed by atoms with Crippen molar-refractivity contribution >= 4 is 22.6 Å². The van der Waals surface area contributed by atoms with Crippen LogP contribution in [0.15, 0.2) is 52.1 Å². The standard InChI is InChI=1S/C22H18N4O5/c1-30-10-7-8-14(31-2)12(9-10)18-16(17-19(24-18)25-22(29)26-21(17)28)15-11-5-3-4-6-13(11)23-20(15)27/h3-9,15H,1-2H3,(H,23,27)(H3,24,25,26,28,29)/t15-/m0/s1. The fraction of sp³-hybridized carbons (Fsp3) is 0.136. The van der Waals surface area contributed by atoms with Gasteiger partial charge in [0.25, 0.3) is 5.56 Å². The number of hydrogen-bond acceptors (Lipinski definition) is 5. The quantitative estimate of drug-likeness (QED) is 0.404. The number of H-pyrrole nitrogens is 3. The van der Waals surface area contributed by atoms with Crippen molar-refractivity contribution in [2.45, 2.75) is 5.92 Å². The zero-order valence-corrected chi connectivity index (χ0v) is 16.7. The Morgan fingerprint density at radius 1 is 0.903 bits per heavy atom. The van der Waals surface area contributed by atoms with Gasteiger partial charge in [-0.25, -0.2) is 4.79 Å². The largest absolute Gasteiger partial charge is 0.497 e. The molecule has 31 heavy (non-hydrogen) atoms. The molecule has 1 aliphatic heterocycles. The van der Waals surface area contributed by atoms with E-state index in [4.69, 9.17) is 9.47 Å². The Hall–Kier alpha value is -4.27. The lowest BCUT2D eigenvalue weighted by Gasteiger charge is -2.14. The highest BCUT2D eigenvalue weighted by atomic mass is 16.5. The molecule has 0 saturated carbocycles. The topological polar surface area (TPSA) is 129 Å². The maximum absolute atomic E-state index is 13.0. The van der Waals surface area contributed by atoms with Gasteiger partial charge >= 0.3 is 5.69 Å². The van der Waals surface area contributed by atoms with Gasteiger partial charge in [0.2, 0.25) is 5.91 Å². The van der Waals surface area contributed by atoms with Crippen molar-refractivity contribution in [3.63, 3.8) is 0 Å². The number of ether oxygens (including phenoxy) is 2. The fourth-order valence-corrected chi connectivity index (χ4v) is 4.16. The number of aromatic amines is 3. The van der Waals surface area contributed by atoms with E-state index in [1.165, 1.54) is 7.11 Å². The Kier molecular flexibility index (Phi) is 4.18. The van der Waals surface area contributed by atoms with Crippen LogP contribution in [-0.4, -0.2) is 35.1 Å². The lowest BCUT2D eigenvalue weighted by atomic mass is 9.89. The molecule has 156 valence electrons. The van der Waals surface area contributed by atoms with Gasteiger partial charge in [-0.15, -0.1) is 0 Å². The summed E-state index contributed by atoms with van der Waals surface area (Å²) in [4.78, 5) is 45.8. The van der Waals surface area contributed by atoms with Crippen LogP contribution >= 0.6 is 0 Å². The summed E-state index contributed by atoms with van der Waals surface area (Å²) in [5.41, 5.74) is 1.92. The average molecular weight is 418 g/mol. The number of hydrogen-bond donors (Lipinski definition) is 4. The maximum Gasteiger partial charge on any atom is 0.327 e. The van der Waals surface area contributed by atoms with Gasteiger partial charge in [-0.05, 0) is 29.8 Å². The molecule has 0 bridgehead atoms. The van der Waals surface area contributed by atoms with Crippen molar-refractivity contribution in [1.29, 1.82) is 0 Å². The number of rotatable bonds is 4. The van der Waals surface area contributed by atoms with Gasteiger partial charge in [-0.1, -0.05) is 18.2 Å². The van der Waals surface area contributed by atoms with Crippen LogP contribution in [0.1, 0.15) is 17.0 Å². The second-order valence-corrected chi connectivity index (χ2v) is 7.15. The first-order valence-electron chi connectivity index (χ1n) is 9.52. The molecule has 2 aromatic heterocycles. The SMILES string of the molecule is COc1ccc(OC)c(-c2[nH]c3[nH]c(=O)[nH]c(=O)c3c2[C@H]2C(=O)Nc3ccccc32)c1. The number of benzene rings is 2. The van der Waals surface area contributed by atoms with Crippen LogP contribution in [0.25, 0.3) is 22.3 Å². The first-order chi connectivity index (χ1) is 15.0. The third kappa shape index (κ3) is 2.82. The molecule has 0 unspecified atom stereocenters. The molecule has 1 amide bonds. The van der Waals surface area contributed by atoms with Crippen molar-refractivity contribution < 1.29 is 14.3 Å². The van der Waals surface area contributed by atoms with Crippen LogP contribution in [-0.2, 0) is 4.79 Å². The van der Waals surface area contributed by atoms with E-state index in [1.807, 2.05) is 18.2 Å². The number of carbonyl (C=O) groups excluding carboxylic acids is 1. The molecule has 0 spiro atoms. The van der Waals surface area contributed by atoms with Gasteiger partial charge in [0, 0.05) is 16.8 Å². The molecule has 3 heterocycles. The van der Waals surface area contributed by atoms with Gasteiger partial charge < -0.3 is 19.8 Å². The second-order valence-electron chi connectivity index (χ2n) is 7.15. The summed E-state index contributed by atoms with van der Waals surface area (Å²) in [6.07, 6.45) is 0. The summed E-state index contributed by atoms with van der Waals surface area (Å²) < 4.78 is 10.9. The van der Waals surface area contributed by atoms with Crippen molar-refractivity contribution in [2.24, 2.45) is 0 Å². The number of para-hydroxylation sites is 1. The highest BCUT2D eigenvalue weighted by Crippen LogP contribution is 2.45. The summed E-state index contributed by atoms with van der Waals surface area (Å²) in [6, 6.07) is 12.5. The third-order valence-corrected chi connectivity index (χ3v) is 5.49. The number of anilines is 1. The predicted octanol–water partition coefficient (Wildman–Crippen LogP) is 2.31. The van der Waals surface area contributed by atoms with Gasteiger partial charge in [0.1, 0.15) is 17.1 Å². The minimum absolute atomic E-state index is 0.205. The Morgan fingerprint density at radius 3 is 2.48 bits per heavy atom. The number of carbonyl (C=O) groups is 1. The Bertz CT molecular complexity index is 1460. The summed E-state index contributed by atoms with van der Waals surface area (Å²) in [7, 11) is 3.07. The second kappa shape index (κ2) is 6.91. The van der Waals surface area contributed by atoms with Crippen LogP contribution in [0, 0.1) is 0 Å². The van der Waals surface area contributed by atoms with Gasteiger partial charge in [-0.3, -0.25) is 19.6 Å². The van der Waals surface area contributed by atoms with E-state index >= 15 is 0 Å². The lowest BCUT2D eigenvalue weighted by Crippen LogP contribution is -2.23. The average Bonchev–Trinajstić information content (AvgIpc) is 3.29. The molecule has 2 aromatic carbocycles. The molecule has 4 N–H and O–H groups in total. The van der Waals surface area contributed by atoms with E-state index < -0.39 is 17.2 Å². The smallest absolute Gasteiger partial charge is 0.327 e. The molecule has 4 aromatic rings. The Balaban J connectivity index is 1.90. The summed E-state index contributed by atoms with van der Waals surface area (Å²) in [5, 5.41) is 3.07. The number of nitrogens with one attached hydrogen (secondary N) is 4. The zero-order chi connectivity index (χ0) is 21.7. The molecule has 0 aliphatic carbocycles. The normalized spacial score (nSPS) is 15.0. The first-order valence-corrected chi connectivity index (χ1v) is 9.52. The Labute approximate surface area is 175 Å². The number of amides is 1. The summed E-state index contributed by atoms with van der Waals surface area (Å²) >= 11 is 0. The molecular weight excluding hydrogens is 400 g/mol. The minimum Gasteiger partial charge on any atom is -0.497 e. The lowest BCUT2D eigenvalue weighted by molar-refractivity contribution is -0.116. The fourth-order valence-electron chi connectivity index (χ4n) is 4.16. The van der Waals surface area contributed by atoms with Gasteiger partial charge in [0.05, 0.1) is 31.2 Å². The van der Waals surface area contributed by atoms with E-state index in [0.717, 1.165) is 5.56 Å². The molecular formula is C22H18N4O5. The van der Waals surface area contributed by atoms with Crippen molar-refractivity contribution in [2.75, 3.05) is 19.5 Å². The van der Waals surface area contributed by atoms with Crippen LogP contribution in [0.4, 0.5) is 5.69 Å². The number of fused-ring (bicyclic) bond motifs is 2. The highest BCUT2D eigenvalue weighted by molar-refractivity contribution is 6.09. The van der Waals surface area contributed by atoms with Crippen molar-refractivity contribution in [3.8, 4) is 22.8 Å². The van der Waals surface area contributed by atoms with E-state index in [0.29, 0.717) is 34.0 Å². The third-order valence-electron chi connectivity index (χ3n) is 5.49. The van der Waals surface area contributed by atoms with E-state index in [9.17, 15) is 14.4 Å². The Morgan fingerprint density at radius 2 is 1.71 bits per heavy atom. The molecule has 1 atom stereocenters. The van der Waals surface area contributed by atoms with Crippen LogP contribution < -0.4 is 26.0 Å². The molecule has 0 saturated heterocycles. The molecule has 0 fully saturated rings. The summed E-state index contributed by atoms with van der Waals surface area (Å²) in [6.45, 7) is 0. The summed E-state index contributed by atoms with van der Waals surface area (Å²) in [5.74, 6) is 0.0526. The minimum atomic E-state index is -0.761. The van der Waals surface area contributed by atoms with Crippen LogP contribution in [0.5, 0.6) is 11.5 Å². The highest BCUT2D eigenvalue weighted by Gasteiger charge is 2.37. The first kappa shape index (κ1) is 18.7. The molecule has 0 radical (unpaired) electrons. The molecule has 9 heteroatoms. The molecule has 5 rings (SSSR count). The van der Waals surface area contributed by atoms with E-state index in [-0.39, 0.29) is 16.9 Å². The predicted molar refractivity (Wildman–Crippen MR) is 115 cm³/mol.